The summed E-state index contributed by atoms with van der Waals surface area (Å²) >= 11 is 0. The second kappa shape index (κ2) is 8.22. The minimum absolute atomic E-state index is 0.133. The van der Waals surface area contributed by atoms with Crippen LogP contribution in [-0.2, 0) is 19.0 Å². The van der Waals surface area contributed by atoms with Crippen LogP contribution in [-0.4, -0.2) is 42.5 Å². The Balaban J connectivity index is 4.07. The Kier molecular flexibility index (Phi) is 7.71. The SMILES string of the molecule is CCC(CNC(=O)OC(C)(C)C)OCC(=O)OC(C)(C)C. The topological polar surface area (TPSA) is 73.9 Å². The monoisotopic (exact) mass is 303 g/mol. The lowest BCUT2D eigenvalue weighted by molar-refractivity contribution is -0.162. The summed E-state index contributed by atoms with van der Waals surface area (Å²) in [5.74, 6) is -0.418. The van der Waals surface area contributed by atoms with Gasteiger partial charge >= 0.3 is 12.1 Å². The fourth-order valence-electron chi connectivity index (χ4n) is 1.39. The average Bonchev–Trinajstić information content (AvgIpc) is 2.24. The third-order valence-corrected chi connectivity index (χ3v) is 2.19. The minimum atomic E-state index is -0.539. The van der Waals surface area contributed by atoms with Crippen molar-refractivity contribution >= 4 is 12.1 Å². The van der Waals surface area contributed by atoms with Crippen molar-refractivity contribution in [2.75, 3.05) is 13.2 Å². The van der Waals surface area contributed by atoms with Gasteiger partial charge in [-0.15, -0.1) is 0 Å². The van der Waals surface area contributed by atoms with Crippen LogP contribution in [0.15, 0.2) is 0 Å². The van der Waals surface area contributed by atoms with Crippen LogP contribution < -0.4 is 5.32 Å². The highest BCUT2D eigenvalue weighted by atomic mass is 16.6. The first-order valence-electron chi connectivity index (χ1n) is 7.23. The molecule has 0 aromatic rings. The first kappa shape index (κ1) is 19.7. The third kappa shape index (κ3) is 12.2. The Hall–Kier alpha value is -1.30. The van der Waals surface area contributed by atoms with E-state index in [1.807, 2.05) is 6.92 Å². The zero-order valence-electron chi connectivity index (χ0n) is 14.2. The maximum atomic E-state index is 11.5. The molecule has 21 heavy (non-hydrogen) atoms. The molecule has 6 nitrogen and oxygen atoms in total. The summed E-state index contributed by atoms with van der Waals surface area (Å²) < 4.78 is 15.7. The zero-order valence-corrected chi connectivity index (χ0v) is 14.2. The number of carbonyl (C=O) groups excluding carboxylic acids is 2. The fraction of sp³-hybridized carbons (Fsp3) is 0.867. The number of amides is 1. The van der Waals surface area contributed by atoms with Crippen LogP contribution in [0.3, 0.4) is 0 Å². The van der Waals surface area contributed by atoms with E-state index in [-0.39, 0.29) is 19.3 Å². The van der Waals surface area contributed by atoms with E-state index in [1.54, 1.807) is 41.5 Å². The van der Waals surface area contributed by atoms with Crippen molar-refractivity contribution < 1.29 is 23.8 Å². The Morgan fingerprint density at radius 1 is 1.00 bits per heavy atom. The second-order valence-corrected chi connectivity index (χ2v) is 6.81. The van der Waals surface area contributed by atoms with Crippen molar-refractivity contribution in [2.45, 2.75) is 72.2 Å². The largest absolute Gasteiger partial charge is 0.458 e. The Labute approximate surface area is 127 Å². The fourth-order valence-corrected chi connectivity index (χ4v) is 1.39. The normalized spacial score (nSPS) is 13.5. The molecule has 0 rings (SSSR count). The molecule has 0 fully saturated rings. The smallest absolute Gasteiger partial charge is 0.407 e. The molecular formula is C15H29NO5. The van der Waals surface area contributed by atoms with E-state index in [2.05, 4.69) is 5.32 Å². The summed E-state index contributed by atoms with van der Waals surface area (Å²) in [6.45, 7) is 12.8. The summed E-state index contributed by atoms with van der Waals surface area (Å²) in [6.07, 6.45) is -0.0923. The number of alkyl carbamates (subject to hydrolysis) is 1. The van der Waals surface area contributed by atoms with Gasteiger partial charge in [-0.05, 0) is 48.0 Å². The molecule has 0 aromatic carbocycles. The average molecular weight is 303 g/mol. The quantitative estimate of drug-likeness (QED) is 0.764. The molecule has 1 N–H and O–H groups in total. The van der Waals surface area contributed by atoms with Gasteiger partial charge in [0.25, 0.3) is 0 Å². The lowest BCUT2D eigenvalue weighted by atomic mass is 10.2. The Morgan fingerprint density at radius 3 is 1.95 bits per heavy atom. The highest BCUT2D eigenvalue weighted by Crippen LogP contribution is 2.08. The summed E-state index contributed by atoms with van der Waals surface area (Å²) in [6, 6.07) is 0. The molecule has 1 atom stereocenters. The molecule has 0 bridgehead atoms. The van der Waals surface area contributed by atoms with E-state index >= 15 is 0 Å². The van der Waals surface area contributed by atoms with E-state index in [0.29, 0.717) is 6.42 Å². The Bertz CT molecular complexity index is 309. The standard InChI is InChI=1S/C15H29NO5/c1-8-11(9-16-13(18)21-15(5,6)7)19-10-12(17)20-14(2,3)4/h11H,8-10H2,1-7H3,(H,16,18). The van der Waals surface area contributed by atoms with Crippen LogP contribution in [0.1, 0.15) is 54.9 Å². The number of carbonyl (C=O) groups is 2. The molecule has 0 aromatic heterocycles. The van der Waals surface area contributed by atoms with Crippen molar-refractivity contribution in [3.05, 3.63) is 0 Å². The molecule has 0 radical (unpaired) electrons. The van der Waals surface area contributed by atoms with Crippen LogP contribution in [0.5, 0.6) is 0 Å². The van der Waals surface area contributed by atoms with Gasteiger partial charge in [0.05, 0.1) is 6.10 Å². The van der Waals surface area contributed by atoms with Crippen molar-refractivity contribution in [1.82, 2.24) is 5.32 Å². The van der Waals surface area contributed by atoms with Crippen LogP contribution in [0.2, 0.25) is 0 Å². The first-order chi connectivity index (χ1) is 9.43. The highest BCUT2D eigenvalue weighted by Gasteiger charge is 2.19. The highest BCUT2D eigenvalue weighted by molar-refractivity contribution is 5.71. The molecular weight excluding hydrogens is 274 g/mol. The molecule has 0 aliphatic carbocycles. The summed E-state index contributed by atoms with van der Waals surface area (Å²) in [7, 11) is 0. The molecule has 0 heterocycles. The number of nitrogens with one attached hydrogen (secondary N) is 1. The number of hydrogen-bond donors (Lipinski definition) is 1. The van der Waals surface area contributed by atoms with Crippen molar-refractivity contribution in [3.63, 3.8) is 0 Å². The van der Waals surface area contributed by atoms with Crippen molar-refractivity contribution in [2.24, 2.45) is 0 Å². The minimum Gasteiger partial charge on any atom is -0.458 e. The number of esters is 1. The van der Waals surface area contributed by atoms with Gasteiger partial charge in [0.15, 0.2) is 0 Å². The van der Waals surface area contributed by atoms with Gasteiger partial charge in [-0.25, -0.2) is 9.59 Å². The van der Waals surface area contributed by atoms with Gasteiger partial charge in [-0.1, -0.05) is 6.92 Å². The molecule has 0 aliphatic heterocycles. The maximum absolute atomic E-state index is 11.5. The van der Waals surface area contributed by atoms with Gasteiger partial charge in [0.2, 0.25) is 0 Å². The van der Waals surface area contributed by atoms with E-state index in [4.69, 9.17) is 14.2 Å². The predicted molar refractivity (Wildman–Crippen MR) is 80.1 cm³/mol. The van der Waals surface area contributed by atoms with Gasteiger partial charge in [-0.2, -0.15) is 0 Å². The van der Waals surface area contributed by atoms with Gasteiger partial charge in [-0.3, -0.25) is 0 Å². The van der Waals surface area contributed by atoms with Crippen molar-refractivity contribution in [1.29, 1.82) is 0 Å². The maximum Gasteiger partial charge on any atom is 0.407 e. The van der Waals surface area contributed by atoms with E-state index in [1.165, 1.54) is 0 Å². The summed E-state index contributed by atoms with van der Waals surface area (Å²) in [4.78, 5) is 23.1. The second-order valence-electron chi connectivity index (χ2n) is 6.81. The number of hydrogen-bond acceptors (Lipinski definition) is 5. The molecule has 1 unspecified atom stereocenters. The van der Waals surface area contributed by atoms with E-state index in [0.717, 1.165) is 0 Å². The van der Waals surface area contributed by atoms with Crippen LogP contribution in [0, 0.1) is 0 Å². The lowest BCUT2D eigenvalue weighted by Crippen LogP contribution is -2.38. The van der Waals surface area contributed by atoms with E-state index in [9.17, 15) is 9.59 Å². The van der Waals surface area contributed by atoms with Crippen LogP contribution >= 0.6 is 0 Å². The van der Waals surface area contributed by atoms with Crippen molar-refractivity contribution in [3.8, 4) is 0 Å². The summed E-state index contributed by atoms with van der Waals surface area (Å²) in [5, 5.41) is 2.62. The summed E-state index contributed by atoms with van der Waals surface area (Å²) in [5.41, 5.74) is -1.07. The van der Waals surface area contributed by atoms with Crippen LogP contribution in [0.4, 0.5) is 4.79 Å². The Morgan fingerprint density at radius 2 is 1.52 bits per heavy atom. The number of ether oxygens (including phenoxy) is 3. The molecule has 6 heteroatoms. The van der Waals surface area contributed by atoms with Gasteiger partial charge < -0.3 is 19.5 Å². The van der Waals surface area contributed by atoms with E-state index < -0.39 is 23.3 Å². The molecule has 0 saturated heterocycles. The zero-order chi connectivity index (χ0) is 16.7. The lowest BCUT2D eigenvalue weighted by Gasteiger charge is -2.22. The first-order valence-corrected chi connectivity index (χ1v) is 7.23. The molecule has 0 spiro atoms. The molecule has 0 saturated carbocycles. The third-order valence-electron chi connectivity index (χ3n) is 2.19. The molecule has 124 valence electrons. The number of rotatable bonds is 6. The van der Waals surface area contributed by atoms with Gasteiger partial charge in [0, 0.05) is 6.54 Å². The molecule has 1 amide bonds. The predicted octanol–water partition coefficient (Wildman–Crippen LogP) is 2.65. The molecule has 0 aliphatic rings. The van der Waals surface area contributed by atoms with Gasteiger partial charge in [0.1, 0.15) is 17.8 Å². The van der Waals surface area contributed by atoms with Crippen LogP contribution in [0.25, 0.3) is 0 Å².